The first-order valence-electron chi connectivity index (χ1n) is 34.4. The number of aromatic nitrogens is 6. The van der Waals surface area contributed by atoms with Crippen LogP contribution in [-0.4, -0.2) is 181 Å². The van der Waals surface area contributed by atoms with Crippen LogP contribution in [0.25, 0.3) is 0 Å². The van der Waals surface area contributed by atoms with E-state index < -0.39 is 19.5 Å². The molecule has 4 aliphatic heterocycles. The van der Waals surface area contributed by atoms with Crippen molar-refractivity contribution in [3.63, 3.8) is 0 Å². The highest BCUT2D eigenvalue weighted by Gasteiger charge is 2.30. The molecule has 0 radical (unpaired) electrons. The molecule has 7 heterocycles. The lowest BCUT2D eigenvalue weighted by Crippen LogP contribution is -2.38. The van der Waals surface area contributed by atoms with Gasteiger partial charge in [-0.25, -0.2) is 34.1 Å². The largest absolute Gasteiger partial charge is 0.481 e. The summed E-state index contributed by atoms with van der Waals surface area (Å²) in [5, 5.41) is 11.6. The minimum atomic E-state index is -1.07. The molecule has 0 atom stereocenters. The summed E-state index contributed by atoms with van der Waals surface area (Å²) < 4.78 is 39.3. The van der Waals surface area contributed by atoms with E-state index in [2.05, 4.69) is 120 Å². The van der Waals surface area contributed by atoms with Gasteiger partial charge in [0.2, 0.25) is 0 Å². The number of aromatic amines is 2. The number of imidazole rings is 3. The molecule has 11 rings (SSSR count). The lowest BCUT2D eigenvalue weighted by Gasteiger charge is -2.31. The first-order valence-corrected chi connectivity index (χ1v) is 43.1. The Bertz CT molecular complexity index is 3200. The van der Waals surface area contributed by atoms with Gasteiger partial charge in [-0.05, 0) is 98.6 Å². The van der Waals surface area contributed by atoms with Crippen LogP contribution in [0.1, 0.15) is 109 Å². The van der Waals surface area contributed by atoms with Crippen molar-refractivity contribution in [1.82, 2.24) is 49.5 Å². The molecule has 566 valence electrons. The maximum Gasteiger partial charge on any atom is 0.410 e. The molecule has 4 aliphatic rings. The summed E-state index contributed by atoms with van der Waals surface area (Å²) in [4.78, 5) is 81.8. The zero-order valence-electron chi connectivity index (χ0n) is 60.1. The SMILES string of the molecule is CBr.COC(CN)OC.C[Si](C)(C)CCOCn1ccnc1C1CCN(C(=O)OCc2ccccc2)CC1.ICI.O=C(Cl)OCc1ccccc1.O=C(O)C1CCNCC1.O=C(OCc1ccccc1)N1CCC(c2ncc[nH]2)CC1.O=C(OCc1ccccc1)N1CCC(c2ncc[nH]2)CC1. The van der Waals surface area contributed by atoms with Crippen LogP contribution < -0.4 is 11.1 Å². The summed E-state index contributed by atoms with van der Waals surface area (Å²) in [6, 6.07) is 39.8. The van der Waals surface area contributed by atoms with Crippen molar-refractivity contribution in [2.75, 3.05) is 88.0 Å². The molecule has 3 amide bonds. The number of carbonyl (C=O) groups is 5. The number of piperidine rings is 4. The molecule has 6 N–H and O–H groups in total. The summed E-state index contributed by atoms with van der Waals surface area (Å²) in [5.41, 5.74) is 8.33. The van der Waals surface area contributed by atoms with Crippen molar-refractivity contribution >= 4 is 110 Å². The lowest BCUT2D eigenvalue weighted by molar-refractivity contribution is -0.142. The van der Waals surface area contributed by atoms with E-state index in [1.165, 1.54) is 8.48 Å². The number of ether oxygens (including phenoxy) is 7. The smallest absolute Gasteiger partial charge is 0.410 e. The minimum Gasteiger partial charge on any atom is -0.481 e. The monoisotopic (exact) mass is 1750 g/mol. The molecule has 3 aromatic heterocycles. The number of nitrogens with zero attached hydrogens (tertiary/aromatic N) is 7. The fourth-order valence-electron chi connectivity index (χ4n) is 10.8. The number of alkyl halides is 3. The van der Waals surface area contributed by atoms with Crippen LogP contribution in [0.4, 0.5) is 19.2 Å². The number of rotatable bonds is 20. The van der Waals surface area contributed by atoms with Crippen LogP contribution in [0.5, 0.6) is 0 Å². The normalized spacial score (nSPS) is 14.7. The van der Waals surface area contributed by atoms with Gasteiger partial charge in [-0.2, -0.15) is 0 Å². The van der Waals surface area contributed by atoms with Gasteiger partial charge in [-0.1, -0.05) is 202 Å². The van der Waals surface area contributed by atoms with Gasteiger partial charge in [0.1, 0.15) is 50.6 Å². The molecule has 0 spiro atoms. The molecule has 4 fully saturated rings. The second kappa shape index (κ2) is 53.3. The second-order valence-electron chi connectivity index (χ2n) is 25.1. The Labute approximate surface area is 649 Å². The highest BCUT2D eigenvalue weighted by molar-refractivity contribution is 14.2. The third kappa shape index (κ3) is 37.4. The van der Waals surface area contributed by atoms with Gasteiger partial charge in [0, 0.05) is 141 Å². The van der Waals surface area contributed by atoms with Gasteiger partial charge in [0.25, 0.3) is 0 Å². The summed E-state index contributed by atoms with van der Waals surface area (Å²) in [7, 11) is 2.04. The molecule has 7 aromatic rings. The average Bonchev–Trinajstić information content (AvgIpc) is 2.32. The number of benzene rings is 4. The van der Waals surface area contributed by atoms with Crippen molar-refractivity contribution in [2.24, 2.45) is 11.7 Å². The van der Waals surface area contributed by atoms with Crippen LogP contribution in [-0.2, 0) is 71.1 Å². The van der Waals surface area contributed by atoms with E-state index in [0.29, 0.717) is 63.9 Å². The zero-order chi connectivity index (χ0) is 74.9. The fraction of sp³-hybridized carbons (Fsp3) is 0.486. The quantitative estimate of drug-likeness (QED) is 0.00901. The molecule has 4 aromatic carbocycles. The van der Waals surface area contributed by atoms with Crippen molar-refractivity contribution < 1.29 is 62.2 Å². The lowest BCUT2D eigenvalue weighted by atomic mass is 9.96. The summed E-state index contributed by atoms with van der Waals surface area (Å²) in [6.45, 7) is 16.1. The van der Waals surface area contributed by atoms with Gasteiger partial charge >= 0.3 is 29.7 Å². The molecule has 29 heteroatoms. The Hall–Kier alpha value is -6.49. The Morgan fingerprint density at radius 3 is 1.22 bits per heavy atom. The predicted octanol–water partition coefficient (Wildman–Crippen LogP) is 15.6. The Morgan fingerprint density at radius 2 is 0.932 bits per heavy atom. The van der Waals surface area contributed by atoms with Crippen molar-refractivity contribution in [1.29, 1.82) is 0 Å². The summed E-state index contributed by atoms with van der Waals surface area (Å²) in [6.07, 6.45) is 17.2. The minimum absolute atomic E-state index is 0.0914. The van der Waals surface area contributed by atoms with Crippen molar-refractivity contribution in [2.45, 2.75) is 134 Å². The van der Waals surface area contributed by atoms with Crippen LogP contribution in [0.3, 0.4) is 0 Å². The number of hydrogen-bond donors (Lipinski definition) is 5. The zero-order valence-corrected chi connectivity index (χ0v) is 67.8. The number of carboxylic acid groups (broad SMARTS) is 1. The first kappa shape index (κ1) is 88.9. The van der Waals surface area contributed by atoms with Gasteiger partial charge in [-0.3, -0.25) is 4.79 Å². The number of halogens is 4. The number of aliphatic carboxylic acids is 1. The molecular weight excluding hydrogens is 1650 g/mol. The van der Waals surface area contributed by atoms with E-state index in [-0.39, 0.29) is 37.1 Å². The number of nitrogens with two attached hydrogens (primary N) is 1. The first-order chi connectivity index (χ1) is 49.9. The number of hydrogen-bond acceptors (Lipinski definition) is 17. The molecule has 0 unspecified atom stereocenters. The van der Waals surface area contributed by atoms with E-state index in [9.17, 15) is 24.0 Å². The van der Waals surface area contributed by atoms with Crippen LogP contribution >= 0.6 is 72.7 Å². The van der Waals surface area contributed by atoms with Crippen LogP contribution in [0.15, 0.2) is 159 Å². The number of carboxylic acids is 1. The number of methoxy groups -OCH3 is 2. The van der Waals surface area contributed by atoms with Gasteiger partial charge < -0.3 is 78.5 Å². The molecule has 0 bridgehead atoms. The van der Waals surface area contributed by atoms with Gasteiger partial charge in [-0.15, -0.1) is 0 Å². The Morgan fingerprint density at radius 1 is 0.573 bits per heavy atom. The Kier molecular flexibility index (Phi) is 46.0. The van der Waals surface area contributed by atoms with E-state index in [1.54, 1.807) is 41.3 Å². The molecule has 0 saturated carbocycles. The van der Waals surface area contributed by atoms with E-state index in [0.717, 1.165) is 137 Å². The number of likely N-dealkylation sites (tertiary alicyclic amines) is 3. The van der Waals surface area contributed by atoms with Crippen LogP contribution in [0, 0.1) is 5.92 Å². The highest BCUT2D eigenvalue weighted by Crippen LogP contribution is 2.29. The number of nitrogens with one attached hydrogen (secondary N) is 3. The summed E-state index contributed by atoms with van der Waals surface area (Å²) in [5.74, 6) is 5.37. The standard InChI is InChI=1S/C22H33N3O3Si.2C16H19N3O2.C8H7ClO2.C6H11NO2.C4H11NO2.CH3Br.CH2I2/c1-29(2,3)16-15-27-18-25-14-11-23-21(25)20-9-12-24(13-10-20)22(26)28-17-19-7-5-4-6-8-19;2*20-16(21-12-13-4-2-1-3-5-13)19-10-6-14(7-11-19)15-17-8-9-18-15;9-8(10)11-6-7-4-2-1-3-5-7;8-6(9)5-1-3-7-4-2-5;1-6-4(3-5)7-2;1-2;2-1-3/h4-8,11,14,20H,9-10,12-13,15-18H2,1-3H3;2*1-5,8-9,14H,6-7,10-12H2,(H,17,18);1-5H,6H2;5,7H,1-4H2,(H,8,9);4H,3,5H2,1-2H3;1H3;1H2. The van der Waals surface area contributed by atoms with Gasteiger partial charge in [0.05, 0.1) is 8.35 Å². The van der Waals surface area contributed by atoms with Crippen molar-refractivity contribution in [3.8, 4) is 0 Å². The third-order valence-electron chi connectivity index (χ3n) is 16.6. The summed E-state index contributed by atoms with van der Waals surface area (Å²) >= 11 is 12.5. The number of H-pyrrole nitrogens is 2. The maximum absolute atomic E-state index is 12.4. The topological polar surface area (TPSA) is 293 Å². The predicted molar refractivity (Wildman–Crippen MR) is 424 cm³/mol. The van der Waals surface area contributed by atoms with E-state index in [4.69, 9.17) is 50.9 Å². The fourth-order valence-corrected chi connectivity index (χ4v) is 11.6. The second-order valence-corrected chi connectivity index (χ2v) is 35.4. The van der Waals surface area contributed by atoms with Crippen LogP contribution in [0.2, 0.25) is 25.7 Å². The number of amides is 3. The van der Waals surface area contributed by atoms with E-state index in [1.807, 2.05) is 152 Å². The molecular formula is C74H105BrClI2N11O13Si. The van der Waals surface area contributed by atoms with E-state index >= 15 is 0 Å². The van der Waals surface area contributed by atoms with Crippen molar-refractivity contribution in [3.05, 3.63) is 198 Å². The highest BCUT2D eigenvalue weighted by atomic mass is 127. The third-order valence-corrected chi connectivity index (χ3v) is 18.4. The maximum atomic E-state index is 12.4. The number of carbonyl (C=O) groups excluding carboxylic acids is 4. The molecule has 0 aliphatic carbocycles. The molecule has 103 heavy (non-hydrogen) atoms. The molecule has 4 saturated heterocycles. The Balaban J connectivity index is 0.000000273. The molecule has 24 nitrogen and oxygen atoms in total. The average molecular weight is 1750 g/mol. The van der Waals surface area contributed by atoms with Gasteiger partial charge in [0.15, 0.2) is 6.29 Å².